The molecule has 1 aliphatic heterocycles. The van der Waals surface area contributed by atoms with Crippen molar-refractivity contribution >= 4 is 29.1 Å². The predicted octanol–water partition coefficient (Wildman–Crippen LogP) is 3.32. The Morgan fingerprint density at radius 1 is 1.30 bits per heavy atom. The van der Waals surface area contributed by atoms with Gasteiger partial charge in [-0.25, -0.2) is 4.39 Å². The van der Waals surface area contributed by atoms with E-state index in [0.717, 1.165) is 0 Å². The zero-order valence-electron chi connectivity index (χ0n) is 12.1. The number of hydrogen-bond acceptors (Lipinski definition) is 3. The Bertz CT molecular complexity index is 733. The normalized spacial score (nSPS) is 17.3. The largest absolute Gasteiger partial charge is 0.459 e. The smallest absolute Gasteiger partial charge is 0.290 e. The van der Waals surface area contributed by atoms with Gasteiger partial charge in [-0.05, 0) is 37.1 Å². The number of nitrogens with one attached hydrogen (secondary N) is 1. The van der Waals surface area contributed by atoms with Crippen LogP contribution in [0.25, 0.3) is 0 Å². The molecule has 0 bridgehead atoms. The van der Waals surface area contributed by atoms with Gasteiger partial charge < -0.3 is 14.6 Å². The molecule has 1 N–H and O–H groups in total. The minimum atomic E-state index is -0.690. The van der Waals surface area contributed by atoms with Crippen LogP contribution >= 0.6 is 11.6 Å². The highest BCUT2D eigenvalue weighted by Gasteiger charge is 2.35. The van der Waals surface area contributed by atoms with Gasteiger partial charge in [-0.2, -0.15) is 0 Å². The van der Waals surface area contributed by atoms with Gasteiger partial charge in [-0.3, -0.25) is 9.59 Å². The molecule has 1 aliphatic rings. The van der Waals surface area contributed by atoms with Gasteiger partial charge in [0.05, 0.1) is 17.0 Å². The quantitative estimate of drug-likeness (QED) is 0.935. The van der Waals surface area contributed by atoms with E-state index in [1.807, 2.05) is 0 Å². The lowest BCUT2D eigenvalue weighted by Crippen LogP contribution is -2.43. The molecule has 7 heteroatoms. The van der Waals surface area contributed by atoms with Gasteiger partial charge in [-0.15, -0.1) is 0 Å². The molecule has 2 amide bonds. The molecule has 2 aromatic rings. The van der Waals surface area contributed by atoms with Crippen LogP contribution in [0.3, 0.4) is 0 Å². The molecule has 1 aromatic carbocycles. The SMILES string of the molecule is O=C(Nc1cccc(Cl)c1F)C1CCCN1C(=O)c1ccco1. The number of carbonyl (C=O) groups excluding carboxylic acids is 2. The van der Waals surface area contributed by atoms with E-state index in [0.29, 0.717) is 19.4 Å². The summed E-state index contributed by atoms with van der Waals surface area (Å²) < 4.78 is 19.0. The first kappa shape index (κ1) is 15.6. The molecule has 1 atom stereocenters. The minimum Gasteiger partial charge on any atom is -0.459 e. The molecule has 3 rings (SSSR count). The first-order chi connectivity index (χ1) is 11.1. The number of anilines is 1. The van der Waals surface area contributed by atoms with E-state index in [1.54, 1.807) is 18.2 Å². The lowest BCUT2D eigenvalue weighted by molar-refractivity contribution is -0.119. The van der Waals surface area contributed by atoms with E-state index in [2.05, 4.69) is 5.32 Å². The summed E-state index contributed by atoms with van der Waals surface area (Å²) in [5.74, 6) is -1.30. The van der Waals surface area contributed by atoms with E-state index in [9.17, 15) is 14.0 Å². The molecule has 1 aromatic heterocycles. The fraction of sp³-hybridized carbons (Fsp3) is 0.250. The fourth-order valence-corrected chi connectivity index (χ4v) is 2.82. The standard InChI is InChI=1S/C16H14ClFN2O3/c17-10-4-1-5-11(14(10)18)19-15(21)12-6-2-8-20(12)16(22)13-7-3-9-23-13/h1,3-5,7,9,12H,2,6,8H2,(H,19,21). The van der Waals surface area contributed by atoms with Gasteiger partial charge >= 0.3 is 0 Å². The molecule has 1 saturated heterocycles. The first-order valence-electron chi connectivity index (χ1n) is 7.17. The van der Waals surface area contributed by atoms with E-state index in [4.69, 9.17) is 16.0 Å². The van der Waals surface area contributed by atoms with Crippen LogP contribution < -0.4 is 5.32 Å². The maximum absolute atomic E-state index is 13.9. The number of furan rings is 1. The highest BCUT2D eigenvalue weighted by Crippen LogP contribution is 2.25. The summed E-state index contributed by atoms with van der Waals surface area (Å²) in [5.41, 5.74) is -0.000187. The van der Waals surface area contributed by atoms with E-state index in [1.165, 1.54) is 23.3 Å². The Labute approximate surface area is 137 Å². The van der Waals surface area contributed by atoms with Crippen molar-refractivity contribution in [2.75, 3.05) is 11.9 Å². The molecule has 0 radical (unpaired) electrons. The van der Waals surface area contributed by atoms with Gasteiger partial charge in [0.15, 0.2) is 11.6 Å². The Kier molecular flexibility index (Phi) is 4.34. The van der Waals surface area contributed by atoms with Crippen molar-refractivity contribution in [3.05, 3.63) is 53.2 Å². The van der Waals surface area contributed by atoms with Crippen LogP contribution in [-0.2, 0) is 4.79 Å². The summed E-state index contributed by atoms with van der Waals surface area (Å²) in [6.45, 7) is 0.454. The van der Waals surface area contributed by atoms with Gasteiger partial charge in [0, 0.05) is 6.54 Å². The highest BCUT2D eigenvalue weighted by molar-refractivity contribution is 6.31. The first-order valence-corrected chi connectivity index (χ1v) is 7.55. The third-order valence-electron chi connectivity index (χ3n) is 3.76. The molecule has 0 saturated carbocycles. The third-order valence-corrected chi connectivity index (χ3v) is 4.05. The number of nitrogens with zero attached hydrogens (tertiary/aromatic N) is 1. The number of halogens is 2. The van der Waals surface area contributed by atoms with Gasteiger partial charge in [0.2, 0.25) is 5.91 Å². The number of likely N-dealkylation sites (tertiary alicyclic amines) is 1. The summed E-state index contributed by atoms with van der Waals surface area (Å²) in [4.78, 5) is 26.2. The lowest BCUT2D eigenvalue weighted by atomic mass is 10.2. The number of rotatable bonds is 3. The van der Waals surface area contributed by atoms with Crippen LogP contribution in [0, 0.1) is 5.82 Å². The molecule has 120 valence electrons. The zero-order valence-corrected chi connectivity index (χ0v) is 12.8. The monoisotopic (exact) mass is 336 g/mol. The Hall–Kier alpha value is -2.34. The van der Waals surface area contributed by atoms with Gasteiger partial charge in [0.1, 0.15) is 6.04 Å². The zero-order chi connectivity index (χ0) is 16.4. The lowest BCUT2D eigenvalue weighted by Gasteiger charge is -2.23. The van der Waals surface area contributed by atoms with Crippen LogP contribution in [0.4, 0.5) is 10.1 Å². The average molecular weight is 337 g/mol. The van der Waals surface area contributed by atoms with Crippen molar-refractivity contribution in [3.63, 3.8) is 0 Å². The molecule has 0 aliphatic carbocycles. The number of hydrogen-bond donors (Lipinski definition) is 1. The molecule has 2 heterocycles. The number of benzene rings is 1. The maximum Gasteiger partial charge on any atom is 0.290 e. The van der Waals surface area contributed by atoms with Crippen LogP contribution in [0.5, 0.6) is 0 Å². The summed E-state index contributed by atoms with van der Waals surface area (Å²) in [5, 5.41) is 2.43. The molecular weight excluding hydrogens is 323 g/mol. The van der Waals surface area contributed by atoms with Crippen molar-refractivity contribution in [3.8, 4) is 0 Å². The Morgan fingerprint density at radius 3 is 2.87 bits per heavy atom. The molecular formula is C16H14ClFN2O3. The molecule has 5 nitrogen and oxygen atoms in total. The maximum atomic E-state index is 13.9. The van der Waals surface area contributed by atoms with Crippen molar-refractivity contribution < 1.29 is 18.4 Å². The van der Waals surface area contributed by atoms with Crippen LogP contribution in [-0.4, -0.2) is 29.3 Å². The van der Waals surface area contributed by atoms with Crippen LogP contribution in [0.1, 0.15) is 23.4 Å². The molecule has 23 heavy (non-hydrogen) atoms. The van der Waals surface area contributed by atoms with Crippen molar-refractivity contribution in [2.24, 2.45) is 0 Å². The Balaban J connectivity index is 1.76. The average Bonchev–Trinajstić information content (AvgIpc) is 3.21. The van der Waals surface area contributed by atoms with Crippen molar-refractivity contribution in [2.45, 2.75) is 18.9 Å². The van der Waals surface area contributed by atoms with E-state index in [-0.39, 0.29) is 22.4 Å². The third kappa shape index (κ3) is 3.07. The van der Waals surface area contributed by atoms with Crippen molar-refractivity contribution in [1.29, 1.82) is 0 Å². The summed E-state index contributed by atoms with van der Waals surface area (Å²) in [7, 11) is 0. The molecule has 1 unspecified atom stereocenters. The topological polar surface area (TPSA) is 62.6 Å². The molecule has 0 spiro atoms. The van der Waals surface area contributed by atoms with Gasteiger partial charge in [-0.1, -0.05) is 17.7 Å². The van der Waals surface area contributed by atoms with Crippen LogP contribution in [0.15, 0.2) is 41.0 Å². The minimum absolute atomic E-state index is 0.000187. The van der Waals surface area contributed by atoms with Gasteiger partial charge in [0.25, 0.3) is 5.91 Å². The molecule has 1 fully saturated rings. The number of carbonyl (C=O) groups is 2. The summed E-state index contributed by atoms with van der Waals surface area (Å²) in [6, 6.07) is 6.86. The summed E-state index contributed by atoms with van der Waals surface area (Å²) >= 11 is 5.70. The summed E-state index contributed by atoms with van der Waals surface area (Å²) in [6.07, 6.45) is 2.61. The van der Waals surface area contributed by atoms with Crippen molar-refractivity contribution in [1.82, 2.24) is 4.90 Å². The second kappa shape index (κ2) is 6.42. The second-order valence-corrected chi connectivity index (χ2v) is 5.63. The van der Waals surface area contributed by atoms with E-state index < -0.39 is 17.8 Å². The van der Waals surface area contributed by atoms with E-state index >= 15 is 0 Å². The number of amides is 2. The second-order valence-electron chi connectivity index (χ2n) is 5.22. The fourth-order valence-electron chi connectivity index (χ4n) is 2.64. The predicted molar refractivity (Wildman–Crippen MR) is 82.8 cm³/mol. The Morgan fingerprint density at radius 2 is 2.13 bits per heavy atom. The van der Waals surface area contributed by atoms with Crippen LogP contribution in [0.2, 0.25) is 5.02 Å². The highest BCUT2D eigenvalue weighted by atomic mass is 35.5.